The van der Waals surface area contributed by atoms with Crippen molar-refractivity contribution >= 4 is 23.0 Å². The van der Waals surface area contributed by atoms with Gasteiger partial charge in [0.15, 0.2) is 5.76 Å². The molecule has 82 valence electrons. The maximum absolute atomic E-state index is 6.06. The van der Waals surface area contributed by atoms with Gasteiger partial charge in [0, 0.05) is 12.1 Å². The van der Waals surface area contributed by atoms with Gasteiger partial charge in [0.25, 0.3) is 0 Å². The summed E-state index contributed by atoms with van der Waals surface area (Å²) >= 11 is 6.06. The van der Waals surface area contributed by atoms with Gasteiger partial charge < -0.3 is 14.6 Å². The molecule has 1 N–H and O–H groups in total. The third-order valence-electron chi connectivity index (χ3n) is 2.64. The maximum Gasteiger partial charge on any atom is 0.164 e. The van der Waals surface area contributed by atoms with Crippen LogP contribution in [0, 0.1) is 0 Å². The zero-order chi connectivity index (χ0) is 11.1. The van der Waals surface area contributed by atoms with Crippen LogP contribution in [0.3, 0.4) is 0 Å². The number of aromatic nitrogens is 1. The highest BCUT2D eigenvalue weighted by atomic mass is 35.5. The summed E-state index contributed by atoms with van der Waals surface area (Å²) in [6.07, 6.45) is 2.36. The second kappa shape index (κ2) is 3.42. The van der Waals surface area contributed by atoms with Gasteiger partial charge in [-0.1, -0.05) is 16.8 Å². The Morgan fingerprint density at radius 2 is 2.31 bits per heavy atom. The molecule has 1 aliphatic heterocycles. The van der Waals surface area contributed by atoms with Gasteiger partial charge in [-0.2, -0.15) is 0 Å². The Morgan fingerprint density at radius 1 is 1.44 bits per heavy atom. The lowest BCUT2D eigenvalue weighted by Crippen LogP contribution is -2.05. The number of benzene rings is 1. The first kappa shape index (κ1) is 9.54. The van der Waals surface area contributed by atoms with E-state index in [9.17, 15) is 0 Å². The Kier molecular flexibility index (Phi) is 2.04. The SMILES string of the molecule is COc1cc2c(cc1Cl)Nc1cnoc1C2. The predicted octanol–water partition coefficient (Wildman–Crippen LogP) is 2.98. The Morgan fingerprint density at radius 3 is 3.12 bits per heavy atom. The van der Waals surface area contributed by atoms with Gasteiger partial charge >= 0.3 is 0 Å². The standard InChI is InChI=1S/C11H9ClN2O2/c1-15-10-2-6-3-11-9(5-13-16-11)14-8(6)4-7(10)12/h2,4-5,14H,3H2,1H3. The van der Waals surface area contributed by atoms with Crippen LogP contribution in [0.4, 0.5) is 11.4 Å². The zero-order valence-electron chi connectivity index (χ0n) is 8.58. The van der Waals surface area contributed by atoms with Gasteiger partial charge in [-0.05, 0) is 17.7 Å². The average Bonchev–Trinajstić information content (AvgIpc) is 2.72. The molecule has 5 heteroatoms. The molecule has 0 amide bonds. The number of anilines is 2. The Balaban J connectivity index is 2.09. The van der Waals surface area contributed by atoms with E-state index in [1.165, 1.54) is 0 Å². The van der Waals surface area contributed by atoms with E-state index in [0.717, 1.165) is 22.7 Å². The van der Waals surface area contributed by atoms with Crippen molar-refractivity contribution in [3.8, 4) is 5.75 Å². The summed E-state index contributed by atoms with van der Waals surface area (Å²) in [5.74, 6) is 1.50. The van der Waals surface area contributed by atoms with E-state index in [1.54, 1.807) is 13.3 Å². The second-order valence-corrected chi connectivity index (χ2v) is 4.02. The van der Waals surface area contributed by atoms with E-state index in [2.05, 4.69) is 10.5 Å². The fourth-order valence-corrected chi connectivity index (χ4v) is 2.07. The van der Waals surface area contributed by atoms with Crippen LogP contribution in [0.2, 0.25) is 5.02 Å². The lowest BCUT2D eigenvalue weighted by molar-refractivity contribution is 0.389. The molecule has 1 aliphatic rings. The van der Waals surface area contributed by atoms with Gasteiger partial charge in [0.05, 0.1) is 18.3 Å². The summed E-state index contributed by atoms with van der Waals surface area (Å²) in [6, 6.07) is 3.77. The predicted molar refractivity (Wildman–Crippen MR) is 60.6 cm³/mol. The number of methoxy groups -OCH3 is 1. The minimum atomic E-state index is 0.591. The number of hydrogen-bond donors (Lipinski definition) is 1. The van der Waals surface area contributed by atoms with E-state index in [1.807, 2.05) is 12.1 Å². The van der Waals surface area contributed by atoms with Crippen molar-refractivity contribution in [3.63, 3.8) is 0 Å². The number of nitrogens with zero attached hydrogens (tertiary/aromatic N) is 1. The Bertz CT molecular complexity index is 551. The van der Waals surface area contributed by atoms with Crippen molar-refractivity contribution in [1.29, 1.82) is 0 Å². The minimum Gasteiger partial charge on any atom is -0.495 e. The smallest absolute Gasteiger partial charge is 0.164 e. The molecule has 0 fully saturated rings. The third kappa shape index (κ3) is 1.34. The summed E-state index contributed by atoms with van der Waals surface area (Å²) in [5.41, 5.74) is 2.96. The monoisotopic (exact) mass is 236 g/mol. The summed E-state index contributed by atoms with van der Waals surface area (Å²) < 4.78 is 10.3. The highest BCUT2D eigenvalue weighted by Crippen LogP contribution is 2.38. The average molecular weight is 237 g/mol. The number of rotatable bonds is 1. The highest BCUT2D eigenvalue weighted by Gasteiger charge is 2.20. The molecule has 2 aromatic rings. The van der Waals surface area contributed by atoms with Crippen molar-refractivity contribution in [1.82, 2.24) is 5.16 Å². The zero-order valence-corrected chi connectivity index (χ0v) is 9.34. The molecule has 3 rings (SSSR count). The van der Waals surface area contributed by atoms with Crippen LogP contribution in [-0.2, 0) is 6.42 Å². The lowest BCUT2D eigenvalue weighted by atomic mass is 10.0. The summed E-state index contributed by atoms with van der Waals surface area (Å²) in [7, 11) is 1.60. The molecule has 2 heterocycles. The first-order valence-corrected chi connectivity index (χ1v) is 5.22. The number of hydrogen-bond acceptors (Lipinski definition) is 4. The van der Waals surface area contributed by atoms with Crippen molar-refractivity contribution in [2.75, 3.05) is 12.4 Å². The molecule has 0 saturated carbocycles. The fraction of sp³-hybridized carbons (Fsp3) is 0.182. The van der Waals surface area contributed by atoms with Crippen LogP contribution >= 0.6 is 11.6 Å². The number of fused-ring (bicyclic) bond motifs is 2. The molecular formula is C11H9ClN2O2. The van der Waals surface area contributed by atoms with Crippen LogP contribution in [0.1, 0.15) is 11.3 Å². The third-order valence-corrected chi connectivity index (χ3v) is 2.94. The maximum atomic E-state index is 6.06. The summed E-state index contributed by atoms with van der Waals surface area (Å²) in [5, 5.41) is 7.56. The van der Waals surface area contributed by atoms with Gasteiger partial charge in [-0.15, -0.1) is 0 Å². The fourth-order valence-electron chi connectivity index (χ4n) is 1.83. The molecule has 4 nitrogen and oxygen atoms in total. The molecule has 0 saturated heterocycles. The van der Waals surface area contributed by atoms with Crippen LogP contribution in [0.5, 0.6) is 5.75 Å². The Labute approximate surface area is 97.1 Å². The molecule has 16 heavy (non-hydrogen) atoms. The molecule has 1 aromatic heterocycles. The van der Waals surface area contributed by atoms with Crippen molar-refractivity contribution in [2.24, 2.45) is 0 Å². The molecule has 0 unspecified atom stereocenters. The van der Waals surface area contributed by atoms with Crippen LogP contribution in [-0.4, -0.2) is 12.3 Å². The normalized spacial score (nSPS) is 12.6. The van der Waals surface area contributed by atoms with E-state index >= 15 is 0 Å². The number of nitrogens with one attached hydrogen (secondary N) is 1. The molecular weight excluding hydrogens is 228 g/mol. The van der Waals surface area contributed by atoms with Gasteiger partial charge in [0.2, 0.25) is 0 Å². The number of halogens is 1. The Hall–Kier alpha value is -1.68. The molecule has 0 radical (unpaired) electrons. The number of ether oxygens (including phenoxy) is 1. The highest BCUT2D eigenvalue weighted by molar-refractivity contribution is 6.32. The topological polar surface area (TPSA) is 47.3 Å². The largest absolute Gasteiger partial charge is 0.495 e. The van der Waals surface area contributed by atoms with Gasteiger partial charge in [-0.25, -0.2) is 0 Å². The van der Waals surface area contributed by atoms with E-state index < -0.39 is 0 Å². The molecule has 0 atom stereocenters. The quantitative estimate of drug-likeness (QED) is 0.706. The van der Waals surface area contributed by atoms with Crippen LogP contribution in [0.15, 0.2) is 22.9 Å². The van der Waals surface area contributed by atoms with Crippen molar-refractivity contribution < 1.29 is 9.26 Å². The van der Waals surface area contributed by atoms with Crippen molar-refractivity contribution in [2.45, 2.75) is 6.42 Å². The first-order chi connectivity index (χ1) is 7.78. The minimum absolute atomic E-state index is 0.591. The first-order valence-electron chi connectivity index (χ1n) is 4.85. The lowest BCUT2D eigenvalue weighted by Gasteiger charge is -2.18. The van der Waals surface area contributed by atoms with E-state index in [0.29, 0.717) is 17.2 Å². The summed E-state index contributed by atoms with van der Waals surface area (Å²) in [4.78, 5) is 0. The van der Waals surface area contributed by atoms with Crippen LogP contribution < -0.4 is 10.1 Å². The van der Waals surface area contributed by atoms with Gasteiger partial charge in [-0.3, -0.25) is 0 Å². The van der Waals surface area contributed by atoms with Crippen molar-refractivity contribution in [3.05, 3.63) is 34.7 Å². The van der Waals surface area contributed by atoms with E-state index in [-0.39, 0.29) is 0 Å². The van der Waals surface area contributed by atoms with Crippen LogP contribution in [0.25, 0.3) is 0 Å². The molecule has 0 bridgehead atoms. The second-order valence-electron chi connectivity index (χ2n) is 3.61. The van der Waals surface area contributed by atoms with Gasteiger partial charge in [0.1, 0.15) is 11.4 Å². The molecule has 0 spiro atoms. The molecule has 0 aliphatic carbocycles. The van der Waals surface area contributed by atoms with E-state index in [4.69, 9.17) is 20.9 Å². The molecule has 1 aromatic carbocycles. The summed E-state index contributed by atoms with van der Waals surface area (Å²) in [6.45, 7) is 0.